The normalized spacial score (nSPS) is 22.4. The average molecular weight is 487 g/mol. The van der Waals surface area contributed by atoms with Crippen molar-refractivity contribution in [3.8, 4) is 5.75 Å². The van der Waals surface area contributed by atoms with Gasteiger partial charge in [-0.3, -0.25) is 4.79 Å². The predicted octanol–water partition coefficient (Wildman–Crippen LogP) is 4.53. The van der Waals surface area contributed by atoms with Crippen LogP contribution in [-0.4, -0.2) is 27.9 Å². The minimum atomic E-state index is -5.18. The van der Waals surface area contributed by atoms with E-state index in [2.05, 4.69) is 5.32 Å². The number of rotatable bonds is 6. The van der Waals surface area contributed by atoms with Gasteiger partial charge in [-0.2, -0.15) is 13.2 Å². The van der Waals surface area contributed by atoms with Crippen LogP contribution < -0.4 is 15.4 Å². The monoisotopic (exact) mass is 486 g/mol. The average Bonchev–Trinajstić information content (AvgIpc) is 2.83. The van der Waals surface area contributed by atoms with Gasteiger partial charge in [0.05, 0.1) is 6.04 Å². The van der Waals surface area contributed by atoms with Crippen LogP contribution >= 0.6 is 12.2 Å². The lowest BCUT2D eigenvalue weighted by Crippen LogP contribution is -2.72. The molecule has 4 rings (SSSR count). The molecule has 0 unspecified atom stereocenters. The number of benzene rings is 3. The zero-order chi connectivity index (χ0) is 24.3. The predicted molar refractivity (Wildman–Crippen MR) is 124 cm³/mol. The number of ether oxygens (including phenoxy) is 1. The van der Waals surface area contributed by atoms with E-state index in [9.17, 15) is 23.1 Å². The zero-order valence-corrected chi connectivity index (χ0v) is 18.6. The third-order valence-corrected chi connectivity index (χ3v) is 5.85. The van der Waals surface area contributed by atoms with E-state index in [1.807, 2.05) is 35.6 Å². The van der Waals surface area contributed by atoms with Gasteiger partial charge in [0.2, 0.25) is 5.72 Å². The standard InChI is InChI=1S/C25H21F3N2O3S/c26-25(27,28)24(32)20(22(31)18-9-5-2-6-10-18)21(29-23(34)30-24)17-11-13-19(14-12-17)33-15-16-7-3-1-4-8-16/h1-14,20-21,32H,15H2,(H2,29,30,34)/t20-,21-,24+/m1/s1. The van der Waals surface area contributed by atoms with Crippen molar-refractivity contribution in [3.63, 3.8) is 0 Å². The Morgan fingerprint density at radius 3 is 2.15 bits per heavy atom. The summed E-state index contributed by atoms with van der Waals surface area (Å²) in [6.07, 6.45) is -5.18. The first-order valence-corrected chi connectivity index (χ1v) is 10.8. The molecule has 3 atom stereocenters. The number of thiocarbonyl (C=S) groups is 1. The van der Waals surface area contributed by atoms with E-state index in [0.29, 0.717) is 17.9 Å². The maximum Gasteiger partial charge on any atom is 0.437 e. The van der Waals surface area contributed by atoms with Gasteiger partial charge in [-0.1, -0.05) is 72.8 Å². The van der Waals surface area contributed by atoms with Gasteiger partial charge in [0.25, 0.3) is 0 Å². The number of carbonyl (C=O) groups excluding carboxylic acids is 1. The smallest absolute Gasteiger partial charge is 0.437 e. The van der Waals surface area contributed by atoms with Gasteiger partial charge in [-0.05, 0) is 35.5 Å². The maximum atomic E-state index is 14.1. The molecule has 34 heavy (non-hydrogen) atoms. The molecule has 0 radical (unpaired) electrons. The van der Waals surface area contributed by atoms with E-state index in [-0.39, 0.29) is 5.56 Å². The van der Waals surface area contributed by atoms with Gasteiger partial charge in [0.1, 0.15) is 18.3 Å². The molecular formula is C25H21F3N2O3S. The lowest BCUT2D eigenvalue weighted by atomic mass is 9.77. The molecule has 3 N–H and O–H groups in total. The molecule has 0 amide bonds. The van der Waals surface area contributed by atoms with Crippen LogP contribution in [0, 0.1) is 5.92 Å². The maximum absolute atomic E-state index is 14.1. The molecule has 1 fully saturated rings. The van der Waals surface area contributed by atoms with E-state index >= 15 is 0 Å². The lowest BCUT2D eigenvalue weighted by Gasteiger charge is -2.46. The highest BCUT2D eigenvalue weighted by atomic mass is 32.1. The number of ketones is 1. The van der Waals surface area contributed by atoms with E-state index in [1.54, 1.807) is 42.5 Å². The van der Waals surface area contributed by atoms with Crippen molar-refractivity contribution in [2.24, 2.45) is 5.92 Å². The molecular weight excluding hydrogens is 465 g/mol. The summed E-state index contributed by atoms with van der Waals surface area (Å²) in [6, 6.07) is 22.1. The highest BCUT2D eigenvalue weighted by molar-refractivity contribution is 7.80. The summed E-state index contributed by atoms with van der Waals surface area (Å²) in [7, 11) is 0. The number of halogens is 3. The highest BCUT2D eigenvalue weighted by Crippen LogP contribution is 2.44. The second-order valence-electron chi connectivity index (χ2n) is 7.89. The summed E-state index contributed by atoms with van der Waals surface area (Å²) in [6.45, 7) is 0.318. The molecule has 1 saturated heterocycles. The largest absolute Gasteiger partial charge is 0.489 e. The summed E-state index contributed by atoms with van der Waals surface area (Å²) in [5.74, 6) is -2.32. The van der Waals surface area contributed by atoms with Crippen LogP contribution in [0.3, 0.4) is 0 Å². The minimum absolute atomic E-state index is 0.0411. The quantitative estimate of drug-likeness (QED) is 0.351. The topological polar surface area (TPSA) is 70.6 Å². The molecule has 3 aromatic carbocycles. The van der Waals surface area contributed by atoms with E-state index in [1.165, 1.54) is 12.1 Å². The summed E-state index contributed by atoms with van der Waals surface area (Å²) in [5, 5.41) is 15.0. The fraction of sp³-hybridized carbons (Fsp3) is 0.200. The van der Waals surface area contributed by atoms with Gasteiger partial charge in [0, 0.05) is 5.56 Å². The van der Waals surface area contributed by atoms with Crippen LogP contribution in [0.4, 0.5) is 13.2 Å². The van der Waals surface area contributed by atoms with Gasteiger partial charge in [-0.25, -0.2) is 0 Å². The van der Waals surface area contributed by atoms with Gasteiger partial charge < -0.3 is 20.5 Å². The van der Waals surface area contributed by atoms with Crippen molar-refractivity contribution in [1.82, 2.24) is 10.6 Å². The van der Waals surface area contributed by atoms with Crippen LogP contribution in [0.1, 0.15) is 27.5 Å². The van der Waals surface area contributed by atoms with Crippen molar-refractivity contribution >= 4 is 23.1 Å². The second-order valence-corrected chi connectivity index (χ2v) is 8.30. The number of Topliss-reactive ketones (excluding diaryl/α,β-unsaturated/α-hetero) is 1. The van der Waals surface area contributed by atoms with Crippen LogP contribution in [0.5, 0.6) is 5.75 Å². The second kappa shape index (κ2) is 9.44. The van der Waals surface area contributed by atoms with Crippen LogP contribution in [-0.2, 0) is 6.61 Å². The van der Waals surface area contributed by atoms with Crippen molar-refractivity contribution in [2.75, 3.05) is 0 Å². The molecule has 0 aromatic heterocycles. The fourth-order valence-electron chi connectivity index (χ4n) is 3.91. The minimum Gasteiger partial charge on any atom is -0.489 e. The SMILES string of the molecule is O=C(c1ccccc1)[C@H]1[C@@H](c2ccc(OCc3ccccc3)cc2)NC(=S)N[C@@]1(O)C(F)(F)F. The van der Waals surface area contributed by atoms with Gasteiger partial charge in [0.15, 0.2) is 10.9 Å². The third kappa shape index (κ3) is 4.76. The third-order valence-electron chi connectivity index (χ3n) is 5.63. The molecule has 1 aliphatic rings. The van der Waals surface area contributed by atoms with Crippen LogP contribution in [0.15, 0.2) is 84.9 Å². The first-order chi connectivity index (χ1) is 16.2. The molecule has 0 aliphatic carbocycles. The van der Waals surface area contributed by atoms with Crippen molar-refractivity contribution < 1.29 is 27.8 Å². The summed E-state index contributed by atoms with van der Waals surface area (Å²) in [4.78, 5) is 13.3. The Hall–Kier alpha value is -3.43. The Morgan fingerprint density at radius 2 is 1.56 bits per heavy atom. The Morgan fingerprint density at radius 1 is 0.971 bits per heavy atom. The molecule has 3 aromatic rings. The van der Waals surface area contributed by atoms with Crippen LogP contribution in [0.2, 0.25) is 0 Å². The number of aliphatic hydroxyl groups is 1. The summed E-state index contributed by atoms with van der Waals surface area (Å²) >= 11 is 4.96. The van der Waals surface area contributed by atoms with E-state index in [0.717, 1.165) is 5.56 Å². The molecule has 5 nitrogen and oxygen atoms in total. The number of nitrogens with one attached hydrogen (secondary N) is 2. The highest BCUT2D eigenvalue weighted by Gasteiger charge is 2.65. The van der Waals surface area contributed by atoms with Crippen LogP contribution in [0.25, 0.3) is 0 Å². The van der Waals surface area contributed by atoms with E-state index in [4.69, 9.17) is 17.0 Å². The van der Waals surface area contributed by atoms with Gasteiger partial charge in [-0.15, -0.1) is 0 Å². The lowest BCUT2D eigenvalue weighted by molar-refractivity contribution is -0.285. The zero-order valence-electron chi connectivity index (χ0n) is 17.8. The molecule has 0 bridgehead atoms. The molecule has 0 spiro atoms. The summed E-state index contributed by atoms with van der Waals surface area (Å²) < 4.78 is 47.9. The first-order valence-electron chi connectivity index (χ1n) is 10.4. The Kier molecular flexibility index (Phi) is 6.58. The van der Waals surface area contributed by atoms with Crippen molar-refractivity contribution in [2.45, 2.75) is 24.6 Å². The molecule has 9 heteroatoms. The number of carbonyl (C=O) groups is 1. The summed E-state index contributed by atoms with van der Waals surface area (Å²) in [5.41, 5.74) is -2.22. The Balaban J connectivity index is 1.66. The number of hydrogen-bond donors (Lipinski definition) is 3. The fourth-order valence-corrected chi connectivity index (χ4v) is 4.19. The van der Waals surface area contributed by atoms with Gasteiger partial charge >= 0.3 is 6.18 Å². The molecule has 0 saturated carbocycles. The number of alkyl halides is 3. The Bertz CT molecular complexity index is 1160. The molecule has 1 aliphatic heterocycles. The van der Waals surface area contributed by atoms with Crippen molar-refractivity contribution in [3.05, 3.63) is 102 Å². The van der Waals surface area contributed by atoms with Crippen molar-refractivity contribution in [1.29, 1.82) is 0 Å². The first kappa shape index (κ1) is 23.7. The molecule has 176 valence electrons. The Labute approximate surface area is 199 Å². The number of hydrogen-bond acceptors (Lipinski definition) is 4. The molecule has 1 heterocycles. The van der Waals surface area contributed by atoms with E-state index < -0.39 is 34.8 Å².